The van der Waals surface area contributed by atoms with E-state index in [1.165, 1.54) is 12.1 Å². The van der Waals surface area contributed by atoms with Gasteiger partial charge in [-0.3, -0.25) is 14.9 Å². The number of hydrogen-bond acceptors (Lipinski definition) is 4. The van der Waals surface area contributed by atoms with Crippen molar-refractivity contribution in [2.45, 2.75) is 19.3 Å². The number of aryl methyl sites for hydroxylation is 1. The topological polar surface area (TPSA) is 78.0 Å². The Kier molecular flexibility index (Phi) is 5.18. The van der Waals surface area contributed by atoms with Gasteiger partial charge in [0, 0.05) is 30.0 Å². The van der Waals surface area contributed by atoms with Gasteiger partial charge in [0.2, 0.25) is 0 Å². The second-order valence-electron chi connectivity index (χ2n) is 8.10. The fraction of sp³-hybridized carbons (Fsp3) is 0.111. The molecular weight excluding hydrogens is 414 g/mol. The fourth-order valence-electron chi connectivity index (χ4n) is 4.47. The van der Waals surface area contributed by atoms with Crippen molar-refractivity contribution in [3.05, 3.63) is 129 Å². The molecule has 6 heteroatoms. The molecule has 162 valence electrons. The van der Waals surface area contributed by atoms with Gasteiger partial charge in [-0.25, -0.2) is 4.68 Å². The number of benzene rings is 3. The third-order valence-electron chi connectivity index (χ3n) is 6.05. The molecule has 1 atom stereocenters. The highest BCUT2D eigenvalue weighted by Crippen LogP contribution is 2.39. The molecule has 1 aromatic heterocycles. The van der Waals surface area contributed by atoms with E-state index in [1.54, 1.807) is 12.1 Å². The number of ketones is 1. The average molecular weight is 435 g/mol. The van der Waals surface area contributed by atoms with E-state index in [0.717, 1.165) is 22.5 Å². The van der Waals surface area contributed by atoms with E-state index in [1.807, 2.05) is 78.3 Å². The van der Waals surface area contributed by atoms with Crippen molar-refractivity contribution >= 4 is 17.5 Å². The fourth-order valence-corrected chi connectivity index (χ4v) is 4.47. The van der Waals surface area contributed by atoms with Gasteiger partial charge in [-0.05, 0) is 48.4 Å². The number of non-ortho nitro benzene ring substituents is 1. The minimum absolute atomic E-state index is 0.0222. The second kappa shape index (κ2) is 8.31. The van der Waals surface area contributed by atoms with Crippen LogP contribution in [0.25, 0.3) is 11.8 Å². The lowest BCUT2D eigenvalue weighted by molar-refractivity contribution is -0.384. The summed E-state index contributed by atoms with van der Waals surface area (Å²) in [5.41, 5.74) is 5.64. The first-order chi connectivity index (χ1) is 16.0. The molecule has 5 rings (SSSR count). The maximum atomic E-state index is 13.8. The number of rotatable bonds is 4. The smallest absolute Gasteiger partial charge is 0.269 e. The molecule has 1 aliphatic carbocycles. The van der Waals surface area contributed by atoms with Crippen LogP contribution in [0.4, 0.5) is 5.69 Å². The number of nitrogens with zero attached hydrogens (tertiary/aromatic N) is 3. The molecule has 6 nitrogen and oxygen atoms in total. The molecule has 1 heterocycles. The summed E-state index contributed by atoms with van der Waals surface area (Å²) in [7, 11) is 0. The number of fused-ring (bicyclic) bond motifs is 1. The average Bonchev–Trinajstić information content (AvgIpc) is 3.18. The molecule has 0 saturated heterocycles. The van der Waals surface area contributed by atoms with Gasteiger partial charge in [-0.1, -0.05) is 48.5 Å². The molecule has 1 aliphatic rings. The summed E-state index contributed by atoms with van der Waals surface area (Å²) < 4.78 is 1.88. The van der Waals surface area contributed by atoms with Crippen molar-refractivity contribution in [3.63, 3.8) is 0 Å². The molecule has 1 unspecified atom stereocenters. The zero-order valence-corrected chi connectivity index (χ0v) is 18.0. The van der Waals surface area contributed by atoms with Crippen LogP contribution in [0.3, 0.4) is 0 Å². The minimum Gasteiger partial charge on any atom is -0.289 e. The molecule has 0 bridgehead atoms. The van der Waals surface area contributed by atoms with E-state index in [4.69, 9.17) is 5.10 Å². The monoisotopic (exact) mass is 435 g/mol. The summed E-state index contributed by atoms with van der Waals surface area (Å²) in [5, 5.41) is 15.7. The number of nitro benzene ring substituents is 1. The second-order valence-corrected chi connectivity index (χ2v) is 8.10. The molecule has 3 aromatic carbocycles. The maximum Gasteiger partial charge on any atom is 0.269 e. The van der Waals surface area contributed by atoms with Crippen molar-refractivity contribution in [1.82, 2.24) is 9.78 Å². The number of nitro groups is 1. The number of allylic oxidation sites excluding steroid dienone is 1. The third kappa shape index (κ3) is 3.76. The van der Waals surface area contributed by atoms with Crippen LogP contribution >= 0.6 is 0 Å². The largest absolute Gasteiger partial charge is 0.289 e. The van der Waals surface area contributed by atoms with Gasteiger partial charge in [0.1, 0.15) is 0 Å². The van der Waals surface area contributed by atoms with E-state index in [0.29, 0.717) is 23.3 Å². The lowest BCUT2D eigenvalue weighted by atomic mass is 9.77. The normalized spacial score (nSPS) is 16.6. The molecule has 33 heavy (non-hydrogen) atoms. The summed E-state index contributed by atoms with van der Waals surface area (Å²) in [6, 6.07) is 26.1. The minimum atomic E-state index is -0.428. The summed E-state index contributed by atoms with van der Waals surface area (Å²) in [6.07, 6.45) is 2.48. The van der Waals surface area contributed by atoms with Gasteiger partial charge < -0.3 is 0 Å². The summed E-state index contributed by atoms with van der Waals surface area (Å²) in [5.74, 6) is -0.205. The Morgan fingerprint density at radius 2 is 1.61 bits per heavy atom. The van der Waals surface area contributed by atoms with Crippen molar-refractivity contribution in [1.29, 1.82) is 0 Å². The first kappa shape index (κ1) is 20.6. The predicted molar refractivity (Wildman–Crippen MR) is 127 cm³/mol. The first-order valence-corrected chi connectivity index (χ1v) is 10.7. The van der Waals surface area contributed by atoms with Crippen molar-refractivity contribution < 1.29 is 9.72 Å². The first-order valence-electron chi connectivity index (χ1n) is 10.7. The van der Waals surface area contributed by atoms with Gasteiger partial charge in [0.15, 0.2) is 5.78 Å². The lowest BCUT2D eigenvalue weighted by Gasteiger charge is -2.26. The summed E-state index contributed by atoms with van der Waals surface area (Å²) in [4.78, 5) is 24.4. The highest BCUT2D eigenvalue weighted by molar-refractivity contribution is 6.15. The van der Waals surface area contributed by atoms with Crippen LogP contribution in [0.5, 0.6) is 0 Å². The van der Waals surface area contributed by atoms with Crippen LogP contribution in [-0.4, -0.2) is 20.5 Å². The van der Waals surface area contributed by atoms with Gasteiger partial charge in [0.25, 0.3) is 5.69 Å². The number of hydrogen-bond donors (Lipinski definition) is 0. The molecular formula is C27H21N3O3. The number of Topliss-reactive ketones (excluding diaryl/α,β-unsaturated/α-hetero) is 1. The van der Waals surface area contributed by atoms with Gasteiger partial charge in [-0.15, -0.1) is 0 Å². The zero-order chi connectivity index (χ0) is 22.9. The van der Waals surface area contributed by atoms with Crippen LogP contribution in [0.2, 0.25) is 0 Å². The summed E-state index contributed by atoms with van der Waals surface area (Å²) in [6.45, 7) is 1.86. The Morgan fingerprint density at radius 1 is 0.970 bits per heavy atom. The number of carbonyl (C=O) groups excluding carboxylic acids is 1. The van der Waals surface area contributed by atoms with E-state index >= 15 is 0 Å². The number of aromatic nitrogens is 2. The van der Waals surface area contributed by atoms with E-state index < -0.39 is 4.92 Å². The molecule has 0 N–H and O–H groups in total. The Labute approximate surface area is 191 Å². The lowest BCUT2D eigenvalue weighted by Crippen LogP contribution is -2.23. The molecule has 0 saturated carbocycles. The van der Waals surface area contributed by atoms with E-state index in [9.17, 15) is 14.9 Å². The molecule has 0 radical (unpaired) electrons. The van der Waals surface area contributed by atoms with Crippen molar-refractivity contribution in [3.8, 4) is 5.69 Å². The molecule has 0 spiro atoms. The molecule has 4 aromatic rings. The van der Waals surface area contributed by atoms with Gasteiger partial charge in [0.05, 0.1) is 27.6 Å². The summed E-state index contributed by atoms with van der Waals surface area (Å²) >= 11 is 0. The Morgan fingerprint density at radius 3 is 2.24 bits per heavy atom. The predicted octanol–water partition coefficient (Wildman–Crippen LogP) is 5.70. The van der Waals surface area contributed by atoms with Crippen LogP contribution in [0.15, 0.2) is 90.5 Å². The Bertz CT molecular complexity index is 1370. The van der Waals surface area contributed by atoms with E-state index in [2.05, 4.69) is 0 Å². The van der Waals surface area contributed by atoms with Crippen molar-refractivity contribution in [2.75, 3.05) is 0 Å². The zero-order valence-electron chi connectivity index (χ0n) is 18.0. The quantitative estimate of drug-likeness (QED) is 0.234. The SMILES string of the molecule is Cc1nn(-c2ccccc2)c2c1C(=O)C(=Cc1ccc([N+](=O)[O-])cc1)C(c1ccccc1)C2. The number of carbonyl (C=O) groups is 1. The van der Waals surface area contributed by atoms with Crippen LogP contribution in [0, 0.1) is 17.0 Å². The highest BCUT2D eigenvalue weighted by Gasteiger charge is 2.36. The molecule has 0 aliphatic heterocycles. The highest BCUT2D eigenvalue weighted by atomic mass is 16.6. The van der Waals surface area contributed by atoms with Crippen LogP contribution < -0.4 is 0 Å². The third-order valence-corrected chi connectivity index (χ3v) is 6.05. The van der Waals surface area contributed by atoms with Crippen LogP contribution in [-0.2, 0) is 6.42 Å². The molecule has 0 fully saturated rings. The van der Waals surface area contributed by atoms with Gasteiger partial charge >= 0.3 is 0 Å². The molecule has 0 amide bonds. The maximum absolute atomic E-state index is 13.8. The van der Waals surface area contributed by atoms with Crippen LogP contribution in [0.1, 0.15) is 38.8 Å². The Hall–Kier alpha value is -4.32. The standard InChI is InChI=1S/C27H21N3O3/c1-18-26-25(29(28-18)21-10-6-3-7-11-21)17-23(20-8-4-2-5-9-20)24(27(26)31)16-19-12-14-22(15-13-19)30(32)33/h2-16,23H,17H2,1H3. The Balaban J connectivity index is 1.66. The van der Waals surface area contributed by atoms with E-state index in [-0.39, 0.29) is 17.4 Å². The van der Waals surface area contributed by atoms with Gasteiger partial charge in [-0.2, -0.15) is 5.10 Å². The number of para-hydroxylation sites is 1. The van der Waals surface area contributed by atoms with Crippen molar-refractivity contribution in [2.24, 2.45) is 0 Å².